The standard InChI is InChI=1S/C22H24F2N2O3/c1-28-20-7-5-18(23)14-17(20)15-25-9-11-26(12-10-25)22(27)8-4-16-3-6-21(29-2)19(24)13-16/h3-8,13-14H,9-12,15H2,1-2H3/b8-4+. The Bertz CT molecular complexity index is 894. The van der Waals surface area contributed by atoms with Gasteiger partial charge in [-0.15, -0.1) is 0 Å². The predicted octanol–water partition coefficient (Wildman–Crippen LogP) is 3.34. The van der Waals surface area contributed by atoms with Gasteiger partial charge in [0.25, 0.3) is 0 Å². The zero-order chi connectivity index (χ0) is 20.8. The molecule has 0 aromatic heterocycles. The number of piperazine rings is 1. The van der Waals surface area contributed by atoms with Crippen LogP contribution in [0.5, 0.6) is 11.5 Å². The van der Waals surface area contributed by atoms with Crippen LogP contribution in [0.4, 0.5) is 8.78 Å². The molecule has 3 rings (SSSR count). The van der Waals surface area contributed by atoms with E-state index in [1.807, 2.05) is 0 Å². The number of methoxy groups -OCH3 is 2. The highest BCUT2D eigenvalue weighted by Crippen LogP contribution is 2.22. The molecule has 1 aliphatic rings. The van der Waals surface area contributed by atoms with E-state index in [0.717, 1.165) is 5.56 Å². The second-order valence-corrected chi connectivity index (χ2v) is 6.78. The first kappa shape index (κ1) is 20.8. The van der Waals surface area contributed by atoms with Crippen molar-refractivity contribution in [2.75, 3.05) is 40.4 Å². The van der Waals surface area contributed by atoms with Crippen LogP contribution in [0.3, 0.4) is 0 Å². The maximum absolute atomic E-state index is 13.7. The van der Waals surface area contributed by atoms with Crippen LogP contribution in [-0.2, 0) is 11.3 Å². The summed E-state index contributed by atoms with van der Waals surface area (Å²) in [6.07, 6.45) is 3.04. The summed E-state index contributed by atoms with van der Waals surface area (Å²) in [4.78, 5) is 16.3. The van der Waals surface area contributed by atoms with Gasteiger partial charge in [0.05, 0.1) is 14.2 Å². The lowest BCUT2D eigenvalue weighted by Gasteiger charge is -2.34. The first-order chi connectivity index (χ1) is 14.0. The Morgan fingerprint density at radius 3 is 2.34 bits per heavy atom. The maximum Gasteiger partial charge on any atom is 0.246 e. The fourth-order valence-corrected chi connectivity index (χ4v) is 3.30. The van der Waals surface area contributed by atoms with Gasteiger partial charge in [0, 0.05) is 44.4 Å². The highest BCUT2D eigenvalue weighted by molar-refractivity contribution is 5.91. The van der Waals surface area contributed by atoms with Crippen LogP contribution in [0, 0.1) is 11.6 Å². The first-order valence-electron chi connectivity index (χ1n) is 9.35. The number of carbonyl (C=O) groups is 1. The van der Waals surface area contributed by atoms with Crippen molar-refractivity contribution in [3.05, 3.63) is 65.2 Å². The van der Waals surface area contributed by atoms with Crippen LogP contribution >= 0.6 is 0 Å². The van der Waals surface area contributed by atoms with Gasteiger partial charge in [0.1, 0.15) is 11.6 Å². The Morgan fingerprint density at radius 1 is 1.00 bits per heavy atom. The van der Waals surface area contributed by atoms with Crippen molar-refractivity contribution in [3.63, 3.8) is 0 Å². The molecule has 1 heterocycles. The molecule has 7 heteroatoms. The summed E-state index contributed by atoms with van der Waals surface area (Å²) in [5.41, 5.74) is 1.38. The highest BCUT2D eigenvalue weighted by Gasteiger charge is 2.20. The second-order valence-electron chi connectivity index (χ2n) is 6.78. The van der Waals surface area contributed by atoms with Gasteiger partial charge in [-0.05, 0) is 42.0 Å². The molecular weight excluding hydrogens is 378 g/mol. The van der Waals surface area contributed by atoms with Gasteiger partial charge in [-0.25, -0.2) is 8.78 Å². The van der Waals surface area contributed by atoms with Gasteiger partial charge in [0.15, 0.2) is 11.6 Å². The quantitative estimate of drug-likeness (QED) is 0.695. The monoisotopic (exact) mass is 402 g/mol. The molecule has 0 atom stereocenters. The first-order valence-corrected chi connectivity index (χ1v) is 9.35. The molecule has 0 bridgehead atoms. The number of amides is 1. The van der Waals surface area contributed by atoms with E-state index in [-0.39, 0.29) is 17.5 Å². The number of nitrogens with zero attached hydrogens (tertiary/aromatic N) is 2. The maximum atomic E-state index is 13.7. The molecule has 1 saturated heterocycles. The number of rotatable bonds is 6. The second kappa shape index (κ2) is 9.52. The lowest BCUT2D eigenvalue weighted by molar-refractivity contribution is -0.127. The fraction of sp³-hybridized carbons (Fsp3) is 0.318. The average Bonchev–Trinajstić information content (AvgIpc) is 2.73. The number of benzene rings is 2. The molecule has 5 nitrogen and oxygen atoms in total. The van der Waals surface area contributed by atoms with Crippen molar-refractivity contribution in [1.82, 2.24) is 9.80 Å². The van der Waals surface area contributed by atoms with Crippen LogP contribution in [-0.4, -0.2) is 56.1 Å². The molecule has 29 heavy (non-hydrogen) atoms. The fourth-order valence-electron chi connectivity index (χ4n) is 3.30. The normalized spacial score (nSPS) is 15.0. The molecule has 0 saturated carbocycles. The third kappa shape index (κ3) is 5.32. The summed E-state index contributed by atoms with van der Waals surface area (Å²) in [6.45, 7) is 3.05. The van der Waals surface area contributed by atoms with Crippen molar-refractivity contribution >= 4 is 12.0 Å². The van der Waals surface area contributed by atoms with Gasteiger partial charge in [0.2, 0.25) is 5.91 Å². The van der Waals surface area contributed by atoms with Crippen LogP contribution in [0.1, 0.15) is 11.1 Å². The number of halogens is 2. The van der Waals surface area contributed by atoms with E-state index >= 15 is 0 Å². The van der Waals surface area contributed by atoms with E-state index in [0.29, 0.717) is 44.0 Å². The van der Waals surface area contributed by atoms with E-state index in [9.17, 15) is 13.6 Å². The third-order valence-electron chi connectivity index (χ3n) is 4.91. The number of hydrogen-bond donors (Lipinski definition) is 0. The van der Waals surface area contributed by atoms with Gasteiger partial charge >= 0.3 is 0 Å². The Labute approximate surface area is 169 Å². The summed E-state index contributed by atoms with van der Waals surface area (Å²) in [6, 6.07) is 9.02. The van der Waals surface area contributed by atoms with Crippen LogP contribution in [0.25, 0.3) is 6.08 Å². The van der Waals surface area contributed by atoms with Crippen molar-refractivity contribution in [3.8, 4) is 11.5 Å². The van der Waals surface area contributed by atoms with E-state index in [1.165, 1.54) is 37.5 Å². The summed E-state index contributed by atoms with van der Waals surface area (Å²) in [5, 5.41) is 0. The lowest BCUT2D eigenvalue weighted by Crippen LogP contribution is -2.47. The van der Waals surface area contributed by atoms with Crippen molar-refractivity contribution in [1.29, 1.82) is 0 Å². The van der Waals surface area contributed by atoms with Crippen LogP contribution in [0.15, 0.2) is 42.5 Å². The van der Waals surface area contributed by atoms with Crippen molar-refractivity contribution < 1.29 is 23.0 Å². The molecule has 0 N–H and O–H groups in total. The van der Waals surface area contributed by atoms with Gasteiger partial charge in [-0.3, -0.25) is 9.69 Å². The predicted molar refractivity (Wildman–Crippen MR) is 107 cm³/mol. The van der Waals surface area contributed by atoms with Crippen LogP contribution < -0.4 is 9.47 Å². The Balaban J connectivity index is 1.54. The minimum atomic E-state index is -0.469. The molecule has 0 spiro atoms. The zero-order valence-corrected chi connectivity index (χ0v) is 16.5. The Hall–Kier alpha value is -2.93. The minimum Gasteiger partial charge on any atom is -0.496 e. The van der Waals surface area contributed by atoms with E-state index < -0.39 is 5.82 Å². The van der Waals surface area contributed by atoms with Gasteiger partial charge in [-0.1, -0.05) is 6.07 Å². The molecule has 2 aromatic carbocycles. The highest BCUT2D eigenvalue weighted by atomic mass is 19.1. The molecule has 1 amide bonds. The summed E-state index contributed by atoms with van der Waals surface area (Å²) in [5.74, 6) is -0.0680. The van der Waals surface area contributed by atoms with Gasteiger partial charge in [-0.2, -0.15) is 0 Å². The average molecular weight is 402 g/mol. The Kier molecular flexibility index (Phi) is 6.82. The van der Waals surface area contributed by atoms with E-state index in [1.54, 1.807) is 30.2 Å². The molecule has 0 unspecified atom stereocenters. The SMILES string of the molecule is COc1ccc(/C=C/C(=O)N2CCN(Cc3cc(F)ccc3OC)CC2)cc1F. The van der Waals surface area contributed by atoms with E-state index in [2.05, 4.69) is 4.90 Å². The summed E-state index contributed by atoms with van der Waals surface area (Å²) in [7, 11) is 2.97. The smallest absolute Gasteiger partial charge is 0.246 e. The van der Waals surface area contributed by atoms with Crippen LogP contribution in [0.2, 0.25) is 0 Å². The largest absolute Gasteiger partial charge is 0.496 e. The molecule has 2 aromatic rings. The lowest BCUT2D eigenvalue weighted by atomic mass is 10.1. The topological polar surface area (TPSA) is 42.0 Å². The third-order valence-corrected chi connectivity index (χ3v) is 4.91. The van der Waals surface area contributed by atoms with Crippen molar-refractivity contribution in [2.24, 2.45) is 0 Å². The molecule has 1 aliphatic heterocycles. The van der Waals surface area contributed by atoms with E-state index in [4.69, 9.17) is 9.47 Å². The minimum absolute atomic E-state index is 0.121. The molecular formula is C22H24F2N2O3. The molecule has 0 radical (unpaired) electrons. The Morgan fingerprint density at radius 2 is 1.69 bits per heavy atom. The summed E-state index contributed by atoms with van der Waals surface area (Å²) < 4.78 is 37.5. The zero-order valence-electron chi connectivity index (χ0n) is 16.5. The van der Waals surface area contributed by atoms with Gasteiger partial charge < -0.3 is 14.4 Å². The number of ether oxygens (including phenoxy) is 2. The summed E-state index contributed by atoms with van der Waals surface area (Å²) >= 11 is 0. The number of hydrogen-bond acceptors (Lipinski definition) is 4. The molecule has 154 valence electrons. The molecule has 1 fully saturated rings. The molecule has 0 aliphatic carbocycles. The van der Waals surface area contributed by atoms with Crippen molar-refractivity contribution in [2.45, 2.75) is 6.54 Å². The number of carbonyl (C=O) groups excluding carboxylic acids is 1.